The Morgan fingerprint density at radius 3 is 2.47 bits per heavy atom. The Hall–Kier alpha value is -0.193. The van der Waals surface area contributed by atoms with Gasteiger partial charge < -0.3 is 9.47 Å². The van der Waals surface area contributed by atoms with E-state index in [1.54, 1.807) is 12.1 Å². The smallest absolute Gasteiger partial charge is 0.170 e. The molecule has 0 amide bonds. The van der Waals surface area contributed by atoms with E-state index in [9.17, 15) is 4.79 Å². The average Bonchev–Trinajstić information content (AvgIpc) is 2.28. The number of halogens is 1. The van der Waals surface area contributed by atoms with Crippen molar-refractivity contribution in [3.63, 3.8) is 0 Å². The molecule has 89 valence electrons. The zero-order chi connectivity index (χ0) is 12.1. The minimum Gasteiger partial charge on any atom is -0.496 e. The standard InChI is InChI=1S/C11H14ClO3P.Li/c1-14-9-4-3-7(12)11(15-2)10(9)8(13)5-6-16;/h3-4H,5-6,16H2,1-2H3;. The normalized spacial score (nSPS) is 9.41. The molecule has 0 bridgehead atoms. The second-order valence-electron chi connectivity index (χ2n) is 3.12. The van der Waals surface area contributed by atoms with Gasteiger partial charge in [0.25, 0.3) is 0 Å². The van der Waals surface area contributed by atoms with E-state index in [0.717, 1.165) is 0 Å². The Morgan fingerprint density at radius 1 is 1.35 bits per heavy atom. The molecule has 1 radical (unpaired) electrons. The molecule has 0 aliphatic heterocycles. The summed E-state index contributed by atoms with van der Waals surface area (Å²) in [6.07, 6.45) is 1.11. The third-order valence-electron chi connectivity index (χ3n) is 2.15. The van der Waals surface area contributed by atoms with Crippen LogP contribution in [0.15, 0.2) is 12.1 Å². The number of carbonyl (C=O) groups is 1. The second-order valence-corrected chi connectivity index (χ2v) is 4.10. The summed E-state index contributed by atoms with van der Waals surface area (Å²) in [4.78, 5) is 11.9. The van der Waals surface area contributed by atoms with E-state index in [4.69, 9.17) is 21.1 Å². The van der Waals surface area contributed by atoms with Crippen molar-refractivity contribution in [2.45, 2.75) is 6.42 Å². The molecule has 1 unspecified atom stereocenters. The number of carbonyl (C=O) groups excluding carboxylic acids is 1. The first-order valence-corrected chi connectivity index (χ1v) is 5.98. The van der Waals surface area contributed by atoms with Gasteiger partial charge in [-0.05, 0) is 18.3 Å². The maximum Gasteiger partial charge on any atom is 0.170 e. The zero-order valence-corrected chi connectivity index (χ0v) is 12.2. The van der Waals surface area contributed by atoms with Crippen molar-refractivity contribution in [2.75, 3.05) is 20.4 Å². The van der Waals surface area contributed by atoms with Crippen LogP contribution in [0.1, 0.15) is 16.8 Å². The van der Waals surface area contributed by atoms with Crippen LogP contribution in [-0.4, -0.2) is 45.0 Å². The molecule has 1 atom stereocenters. The maximum atomic E-state index is 11.9. The number of hydrogen-bond donors (Lipinski definition) is 0. The summed E-state index contributed by atoms with van der Waals surface area (Å²) < 4.78 is 10.3. The molecule has 0 aliphatic carbocycles. The molecule has 0 saturated carbocycles. The number of ether oxygens (including phenoxy) is 2. The van der Waals surface area contributed by atoms with Gasteiger partial charge in [0, 0.05) is 25.3 Å². The summed E-state index contributed by atoms with van der Waals surface area (Å²) >= 11 is 5.96. The first-order valence-electron chi connectivity index (χ1n) is 4.79. The second kappa shape index (κ2) is 8.01. The number of ketones is 1. The Bertz CT molecular complexity index is 399. The topological polar surface area (TPSA) is 35.5 Å². The van der Waals surface area contributed by atoms with Crippen molar-refractivity contribution in [3.8, 4) is 11.5 Å². The Kier molecular flexibility index (Phi) is 7.91. The zero-order valence-electron chi connectivity index (χ0n) is 10.2. The summed E-state index contributed by atoms with van der Waals surface area (Å²) in [5.74, 6) is 0.834. The summed E-state index contributed by atoms with van der Waals surface area (Å²) in [6, 6.07) is 3.32. The number of methoxy groups -OCH3 is 2. The van der Waals surface area contributed by atoms with E-state index in [2.05, 4.69) is 9.24 Å². The maximum absolute atomic E-state index is 11.9. The van der Waals surface area contributed by atoms with E-state index in [1.165, 1.54) is 14.2 Å². The third kappa shape index (κ3) is 3.90. The predicted octanol–water partition coefficient (Wildman–Crippen LogP) is 2.42. The molecule has 1 aromatic carbocycles. The fourth-order valence-corrected chi connectivity index (χ4v) is 1.93. The van der Waals surface area contributed by atoms with Gasteiger partial charge in [0.2, 0.25) is 0 Å². The Balaban J connectivity index is 0.00000256. The van der Waals surface area contributed by atoms with E-state index in [0.29, 0.717) is 34.7 Å². The van der Waals surface area contributed by atoms with Crippen molar-refractivity contribution in [1.29, 1.82) is 0 Å². The Labute approximate surface area is 121 Å². The van der Waals surface area contributed by atoms with Crippen LogP contribution < -0.4 is 9.47 Å². The van der Waals surface area contributed by atoms with Gasteiger partial charge in [-0.25, -0.2) is 0 Å². The largest absolute Gasteiger partial charge is 0.496 e. The molecule has 17 heavy (non-hydrogen) atoms. The molecule has 0 aromatic heterocycles. The molecule has 0 saturated heterocycles. The molecule has 0 N–H and O–H groups in total. The first kappa shape index (κ1) is 16.8. The van der Waals surface area contributed by atoms with Crippen LogP contribution in [0, 0.1) is 0 Å². The molecule has 0 aliphatic rings. The van der Waals surface area contributed by atoms with Crippen molar-refractivity contribution in [3.05, 3.63) is 22.7 Å². The third-order valence-corrected chi connectivity index (χ3v) is 2.73. The molecular formula is C11H14ClLiO3P. The molecule has 0 fully saturated rings. The predicted molar refractivity (Wildman–Crippen MR) is 73.8 cm³/mol. The van der Waals surface area contributed by atoms with Crippen LogP contribution in [0.4, 0.5) is 0 Å². The van der Waals surface area contributed by atoms with Gasteiger partial charge in [-0.15, -0.1) is 9.24 Å². The molecule has 1 aromatic rings. The van der Waals surface area contributed by atoms with Gasteiger partial charge in [0.1, 0.15) is 11.3 Å². The minimum atomic E-state index is -0.0359. The summed E-state index contributed by atoms with van der Waals surface area (Å²) in [5, 5.41) is 0.412. The Morgan fingerprint density at radius 2 is 2.00 bits per heavy atom. The minimum absolute atomic E-state index is 0. The van der Waals surface area contributed by atoms with Crippen molar-refractivity contribution in [1.82, 2.24) is 0 Å². The molecule has 1 rings (SSSR count). The summed E-state index contributed by atoms with van der Waals surface area (Å²) in [5.41, 5.74) is 0.417. The SMILES string of the molecule is COc1ccc(Cl)c(OC)c1C(=O)CCP.[Li]. The van der Waals surface area contributed by atoms with Gasteiger partial charge in [-0.1, -0.05) is 11.6 Å². The number of rotatable bonds is 5. The molecule has 0 heterocycles. The van der Waals surface area contributed by atoms with Crippen LogP contribution in [0.2, 0.25) is 5.02 Å². The van der Waals surface area contributed by atoms with E-state index < -0.39 is 0 Å². The van der Waals surface area contributed by atoms with E-state index in [-0.39, 0.29) is 24.6 Å². The average molecular weight is 268 g/mol. The van der Waals surface area contributed by atoms with Gasteiger partial charge in [-0.3, -0.25) is 4.79 Å². The number of hydrogen-bond acceptors (Lipinski definition) is 3. The van der Waals surface area contributed by atoms with E-state index in [1.807, 2.05) is 0 Å². The van der Waals surface area contributed by atoms with Gasteiger partial charge in [0.15, 0.2) is 11.5 Å². The van der Waals surface area contributed by atoms with Gasteiger partial charge in [0.05, 0.1) is 19.2 Å². The van der Waals surface area contributed by atoms with Crippen LogP contribution in [-0.2, 0) is 0 Å². The monoisotopic (exact) mass is 267 g/mol. The van der Waals surface area contributed by atoms with Gasteiger partial charge >= 0.3 is 0 Å². The fourth-order valence-electron chi connectivity index (χ4n) is 1.43. The summed E-state index contributed by atoms with van der Waals surface area (Å²) in [6.45, 7) is 0. The molecule has 6 heteroatoms. The van der Waals surface area contributed by atoms with Crippen LogP contribution in [0.5, 0.6) is 11.5 Å². The molecule has 3 nitrogen and oxygen atoms in total. The van der Waals surface area contributed by atoms with Crippen LogP contribution >= 0.6 is 20.8 Å². The number of benzene rings is 1. The van der Waals surface area contributed by atoms with Crippen molar-refractivity contribution < 1.29 is 14.3 Å². The van der Waals surface area contributed by atoms with Crippen LogP contribution in [0.25, 0.3) is 0 Å². The van der Waals surface area contributed by atoms with E-state index >= 15 is 0 Å². The molecular weight excluding hydrogens is 253 g/mol. The van der Waals surface area contributed by atoms with Crippen LogP contribution in [0.3, 0.4) is 0 Å². The van der Waals surface area contributed by atoms with Crippen molar-refractivity contribution >= 4 is 45.5 Å². The summed E-state index contributed by atoms with van der Waals surface area (Å²) in [7, 11) is 5.51. The van der Waals surface area contributed by atoms with Gasteiger partial charge in [-0.2, -0.15) is 0 Å². The molecule has 0 spiro atoms. The van der Waals surface area contributed by atoms with Crippen molar-refractivity contribution in [2.24, 2.45) is 0 Å². The quantitative estimate of drug-likeness (QED) is 0.467. The first-order chi connectivity index (χ1) is 7.65. The number of Topliss-reactive ketones (excluding diaryl/α,β-unsaturated/α-hetero) is 1. The fraction of sp³-hybridized carbons (Fsp3) is 0.364.